The number of nitrogens with two attached hydrogens (primary N) is 1. The number of amides is 1. The Morgan fingerprint density at radius 1 is 1.16 bits per heavy atom. The standard InChI is InChI=1S/C19H18FN3OS/c20-16-8-6-13(7-9-16)10-15(18(21)24)11-22-19-23-12-17(25-19)14-4-2-1-3-5-14/h1-9,12,15H,10-11H2,(H2,21,24)(H,22,23). The molecule has 3 rings (SSSR count). The Labute approximate surface area is 149 Å². The summed E-state index contributed by atoms with van der Waals surface area (Å²) in [4.78, 5) is 17.1. The van der Waals surface area contributed by atoms with Gasteiger partial charge in [0.2, 0.25) is 5.91 Å². The smallest absolute Gasteiger partial charge is 0.222 e. The maximum atomic E-state index is 13.0. The predicted octanol–water partition coefficient (Wildman–Crippen LogP) is 3.71. The summed E-state index contributed by atoms with van der Waals surface area (Å²) in [5.74, 6) is -1.08. The lowest BCUT2D eigenvalue weighted by molar-refractivity contribution is -0.121. The van der Waals surface area contributed by atoms with Crippen LogP contribution in [-0.4, -0.2) is 17.4 Å². The molecule has 0 aliphatic rings. The number of carbonyl (C=O) groups is 1. The van der Waals surface area contributed by atoms with Crippen LogP contribution in [0.3, 0.4) is 0 Å². The highest BCUT2D eigenvalue weighted by Crippen LogP contribution is 2.28. The number of primary amides is 1. The third-order valence-electron chi connectivity index (χ3n) is 3.86. The summed E-state index contributed by atoms with van der Waals surface area (Å²) in [6.07, 6.45) is 2.26. The number of hydrogen-bond acceptors (Lipinski definition) is 4. The van der Waals surface area contributed by atoms with Crippen LogP contribution in [0.2, 0.25) is 0 Å². The zero-order valence-electron chi connectivity index (χ0n) is 13.5. The van der Waals surface area contributed by atoms with Crippen LogP contribution < -0.4 is 11.1 Å². The topological polar surface area (TPSA) is 68.0 Å². The fraction of sp³-hybridized carbons (Fsp3) is 0.158. The number of thiazole rings is 1. The fourth-order valence-electron chi connectivity index (χ4n) is 2.48. The Kier molecular flexibility index (Phi) is 5.40. The first-order valence-electron chi connectivity index (χ1n) is 7.90. The number of aromatic nitrogens is 1. The van der Waals surface area contributed by atoms with Crippen LogP contribution in [0.1, 0.15) is 5.56 Å². The van der Waals surface area contributed by atoms with Crippen LogP contribution in [-0.2, 0) is 11.2 Å². The maximum absolute atomic E-state index is 13.0. The van der Waals surface area contributed by atoms with Crippen molar-refractivity contribution in [2.75, 3.05) is 11.9 Å². The van der Waals surface area contributed by atoms with Crippen LogP contribution >= 0.6 is 11.3 Å². The lowest BCUT2D eigenvalue weighted by Crippen LogP contribution is -2.31. The van der Waals surface area contributed by atoms with E-state index in [2.05, 4.69) is 10.3 Å². The number of nitrogens with zero attached hydrogens (tertiary/aromatic N) is 1. The number of hydrogen-bond donors (Lipinski definition) is 2. The van der Waals surface area contributed by atoms with Gasteiger partial charge in [-0.05, 0) is 29.7 Å². The molecule has 1 amide bonds. The molecule has 1 aromatic heterocycles. The first-order chi connectivity index (χ1) is 12.1. The van der Waals surface area contributed by atoms with Crippen molar-refractivity contribution in [2.24, 2.45) is 11.7 Å². The van der Waals surface area contributed by atoms with Crippen LogP contribution in [0, 0.1) is 11.7 Å². The number of rotatable bonds is 7. The van der Waals surface area contributed by atoms with Gasteiger partial charge in [0.1, 0.15) is 5.82 Å². The average molecular weight is 355 g/mol. The summed E-state index contributed by atoms with van der Waals surface area (Å²) in [7, 11) is 0. The zero-order chi connectivity index (χ0) is 17.6. The maximum Gasteiger partial charge on any atom is 0.222 e. The lowest BCUT2D eigenvalue weighted by atomic mass is 9.99. The molecule has 1 heterocycles. The highest BCUT2D eigenvalue weighted by Gasteiger charge is 2.17. The number of anilines is 1. The summed E-state index contributed by atoms with van der Waals surface area (Å²) in [5, 5.41) is 3.92. The van der Waals surface area contributed by atoms with Crippen molar-refractivity contribution >= 4 is 22.4 Å². The van der Waals surface area contributed by atoms with Crippen LogP contribution in [0.5, 0.6) is 0 Å². The van der Waals surface area contributed by atoms with Crippen molar-refractivity contribution in [3.05, 3.63) is 72.2 Å². The number of nitrogens with one attached hydrogen (secondary N) is 1. The summed E-state index contributed by atoms with van der Waals surface area (Å²) >= 11 is 1.52. The Morgan fingerprint density at radius 2 is 1.88 bits per heavy atom. The number of carbonyl (C=O) groups excluding carboxylic acids is 1. The summed E-state index contributed by atoms with van der Waals surface area (Å²) < 4.78 is 13.0. The van der Waals surface area contributed by atoms with E-state index in [0.29, 0.717) is 13.0 Å². The molecular formula is C19H18FN3OS. The van der Waals surface area contributed by atoms with E-state index in [4.69, 9.17) is 5.73 Å². The number of halogens is 1. The van der Waals surface area contributed by atoms with Gasteiger partial charge < -0.3 is 11.1 Å². The van der Waals surface area contributed by atoms with E-state index in [1.807, 2.05) is 36.5 Å². The fourth-order valence-corrected chi connectivity index (χ4v) is 3.31. The predicted molar refractivity (Wildman–Crippen MR) is 98.8 cm³/mol. The molecule has 6 heteroatoms. The molecule has 0 saturated heterocycles. The van der Waals surface area contributed by atoms with Gasteiger partial charge >= 0.3 is 0 Å². The molecule has 1 unspecified atom stereocenters. The molecule has 0 bridgehead atoms. The molecule has 3 N–H and O–H groups in total. The lowest BCUT2D eigenvalue weighted by Gasteiger charge is -2.14. The second-order valence-electron chi connectivity index (χ2n) is 5.71. The van der Waals surface area contributed by atoms with E-state index < -0.39 is 11.8 Å². The Balaban J connectivity index is 1.63. The van der Waals surface area contributed by atoms with Crippen molar-refractivity contribution in [1.82, 2.24) is 4.98 Å². The van der Waals surface area contributed by atoms with Crippen molar-refractivity contribution in [3.63, 3.8) is 0 Å². The Morgan fingerprint density at radius 3 is 2.56 bits per heavy atom. The van der Waals surface area contributed by atoms with Crippen LogP contribution in [0.15, 0.2) is 60.8 Å². The van der Waals surface area contributed by atoms with E-state index in [0.717, 1.165) is 21.1 Å². The van der Waals surface area contributed by atoms with E-state index in [-0.39, 0.29) is 5.82 Å². The van der Waals surface area contributed by atoms with Gasteiger partial charge in [0.25, 0.3) is 0 Å². The van der Waals surface area contributed by atoms with Gasteiger partial charge in [-0.1, -0.05) is 53.8 Å². The minimum atomic E-state index is -0.394. The van der Waals surface area contributed by atoms with Gasteiger partial charge in [-0.15, -0.1) is 0 Å². The van der Waals surface area contributed by atoms with Crippen molar-refractivity contribution in [3.8, 4) is 10.4 Å². The highest BCUT2D eigenvalue weighted by molar-refractivity contribution is 7.18. The average Bonchev–Trinajstić information content (AvgIpc) is 3.10. The van der Waals surface area contributed by atoms with E-state index in [1.165, 1.54) is 23.5 Å². The molecular weight excluding hydrogens is 337 g/mol. The number of benzene rings is 2. The van der Waals surface area contributed by atoms with E-state index in [9.17, 15) is 9.18 Å². The molecule has 0 fully saturated rings. The molecule has 128 valence electrons. The first kappa shape index (κ1) is 17.1. The van der Waals surface area contributed by atoms with Gasteiger partial charge in [0.15, 0.2) is 5.13 Å². The molecule has 0 radical (unpaired) electrons. The first-order valence-corrected chi connectivity index (χ1v) is 8.72. The van der Waals surface area contributed by atoms with E-state index in [1.54, 1.807) is 12.1 Å². The third kappa shape index (κ3) is 4.64. The highest BCUT2D eigenvalue weighted by atomic mass is 32.1. The van der Waals surface area contributed by atoms with Gasteiger partial charge in [-0.25, -0.2) is 9.37 Å². The summed E-state index contributed by atoms with van der Waals surface area (Å²) in [6, 6.07) is 16.1. The summed E-state index contributed by atoms with van der Waals surface area (Å²) in [5.41, 5.74) is 7.48. The second-order valence-corrected chi connectivity index (χ2v) is 6.74. The SMILES string of the molecule is NC(=O)C(CNc1ncc(-c2ccccc2)s1)Cc1ccc(F)cc1. The molecule has 0 saturated carbocycles. The molecule has 2 aromatic carbocycles. The second kappa shape index (κ2) is 7.90. The van der Waals surface area contributed by atoms with Crippen molar-refractivity contribution in [1.29, 1.82) is 0 Å². The third-order valence-corrected chi connectivity index (χ3v) is 4.87. The van der Waals surface area contributed by atoms with Crippen molar-refractivity contribution < 1.29 is 9.18 Å². The van der Waals surface area contributed by atoms with Crippen molar-refractivity contribution in [2.45, 2.75) is 6.42 Å². The van der Waals surface area contributed by atoms with Crippen LogP contribution in [0.25, 0.3) is 10.4 Å². The minimum absolute atomic E-state index is 0.297. The minimum Gasteiger partial charge on any atom is -0.369 e. The van der Waals surface area contributed by atoms with Gasteiger partial charge in [0.05, 0.1) is 10.8 Å². The molecule has 4 nitrogen and oxygen atoms in total. The molecule has 0 aliphatic heterocycles. The quantitative estimate of drug-likeness (QED) is 0.679. The zero-order valence-corrected chi connectivity index (χ0v) is 14.3. The largest absolute Gasteiger partial charge is 0.369 e. The van der Waals surface area contributed by atoms with Gasteiger partial charge in [-0.2, -0.15) is 0 Å². The normalized spacial score (nSPS) is 11.9. The summed E-state index contributed by atoms with van der Waals surface area (Å²) in [6.45, 7) is 0.383. The van der Waals surface area contributed by atoms with Gasteiger partial charge in [0, 0.05) is 12.7 Å². The molecule has 3 aromatic rings. The Bertz CT molecular complexity index is 833. The monoisotopic (exact) mass is 355 g/mol. The van der Waals surface area contributed by atoms with E-state index >= 15 is 0 Å². The molecule has 0 spiro atoms. The van der Waals surface area contributed by atoms with Gasteiger partial charge in [-0.3, -0.25) is 4.79 Å². The molecule has 25 heavy (non-hydrogen) atoms. The Hall–Kier alpha value is -2.73. The molecule has 1 atom stereocenters. The van der Waals surface area contributed by atoms with Crippen LogP contribution in [0.4, 0.5) is 9.52 Å². The molecule has 0 aliphatic carbocycles.